The van der Waals surface area contributed by atoms with E-state index >= 15 is 0 Å². The van der Waals surface area contributed by atoms with Crippen molar-refractivity contribution in [3.05, 3.63) is 63.7 Å². The minimum atomic E-state index is -0.336. The molecule has 2 aromatic rings. The molecule has 0 atom stereocenters. The van der Waals surface area contributed by atoms with E-state index in [0.717, 1.165) is 22.3 Å². The van der Waals surface area contributed by atoms with Gasteiger partial charge < -0.3 is 0 Å². The second-order valence-electron chi connectivity index (χ2n) is 4.01. The third-order valence-electron chi connectivity index (χ3n) is 3.04. The molecule has 0 aliphatic heterocycles. The lowest BCUT2D eigenvalue weighted by atomic mass is 9.96. The highest BCUT2D eigenvalue weighted by atomic mass is 16.6. The highest BCUT2D eigenvalue weighted by Crippen LogP contribution is 2.30. The van der Waals surface area contributed by atoms with Crippen molar-refractivity contribution in [2.45, 2.75) is 13.8 Å². The summed E-state index contributed by atoms with van der Waals surface area (Å²) in [6.45, 7) is 3.71. The van der Waals surface area contributed by atoms with Gasteiger partial charge in [0.25, 0.3) is 5.69 Å². The molecular formula is C14H13NO2. The number of nitrogens with zero attached hydrogens (tertiary/aromatic N) is 1. The van der Waals surface area contributed by atoms with Gasteiger partial charge in [0.05, 0.1) is 4.92 Å². The zero-order chi connectivity index (χ0) is 12.4. The monoisotopic (exact) mass is 227 g/mol. The van der Waals surface area contributed by atoms with E-state index < -0.39 is 0 Å². The van der Waals surface area contributed by atoms with Gasteiger partial charge in [-0.2, -0.15) is 0 Å². The summed E-state index contributed by atoms with van der Waals surface area (Å²) in [4.78, 5) is 10.5. The van der Waals surface area contributed by atoms with E-state index in [-0.39, 0.29) is 10.6 Å². The molecule has 0 unspecified atom stereocenters. The summed E-state index contributed by atoms with van der Waals surface area (Å²) >= 11 is 0. The molecule has 0 bridgehead atoms. The van der Waals surface area contributed by atoms with Crippen LogP contribution in [-0.2, 0) is 0 Å². The first-order valence-electron chi connectivity index (χ1n) is 5.41. The maximum absolute atomic E-state index is 10.8. The molecule has 0 aliphatic rings. The predicted octanol–water partition coefficient (Wildman–Crippen LogP) is 3.88. The zero-order valence-electron chi connectivity index (χ0n) is 9.81. The highest BCUT2D eigenvalue weighted by Gasteiger charge is 2.14. The smallest absolute Gasteiger partial charge is 0.258 e. The van der Waals surface area contributed by atoms with Crippen molar-refractivity contribution >= 4 is 5.69 Å². The van der Waals surface area contributed by atoms with Crippen LogP contribution in [0.1, 0.15) is 11.1 Å². The summed E-state index contributed by atoms with van der Waals surface area (Å²) in [5.74, 6) is 0. The van der Waals surface area contributed by atoms with Crippen LogP contribution in [0.3, 0.4) is 0 Å². The minimum Gasteiger partial charge on any atom is -0.258 e. The predicted molar refractivity (Wildman–Crippen MR) is 68.0 cm³/mol. The molecule has 3 nitrogen and oxygen atoms in total. The number of benzene rings is 2. The summed E-state index contributed by atoms with van der Waals surface area (Å²) in [5, 5.41) is 10.8. The van der Waals surface area contributed by atoms with Gasteiger partial charge in [0, 0.05) is 11.6 Å². The van der Waals surface area contributed by atoms with Gasteiger partial charge in [-0.15, -0.1) is 0 Å². The fourth-order valence-corrected chi connectivity index (χ4v) is 1.93. The molecule has 17 heavy (non-hydrogen) atoms. The summed E-state index contributed by atoms with van der Waals surface area (Å²) < 4.78 is 0. The molecule has 0 heterocycles. The molecule has 86 valence electrons. The van der Waals surface area contributed by atoms with Crippen LogP contribution in [0.15, 0.2) is 42.5 Å². The summed E-state index contributed by atoms with van der Waals surface area (Å²) in [6.07, 6.45) is 0. The van der Waals surface area contributed by atoms with Crippen LogP contribution in [0.4, 0.5) is 5.69 Å². The molecular weight excluding hydrogens is 214 g/mol. The summed E-state index contributed by atoms with van der Waals surface area (Å²) in [6, 6.07) is 13.3. The first kappa shape index (κ1) is 11.3. The molecule has 0 aliphatic carbocycles. The van der Waals surface area contributed by atoms with Crippen LogP contribution in [0.5, 0.6) is 0 Å². The average Bonchev–Trinajstić information content (AvgIpc) is 2.33. The maximum Gasteiger partial charge on any atom is 0.272 e. The van der Waals surface area contributed by atoms with Crippen molar-refractivity contribution in [3.63, 3.8) is 0 Å². The van der Waals surface area contributed by atoms with Crippen LogP contribution >= 0.6 is 0 Å². The van der Waals surface area contributed by atoms with Gasteiger partial charge in [0.2, 0.25) is 0 Å². The number of hydrogen-bond donors (Lipinski definition) is 0. The Morgan fingerprint density at radius 2 is 1.59 bits per heavy atom. The Morgan fingerprint density at radius 1 is 0.941 bits per heavy atom. The van der Waals surface area contributed by atoms with Crippen molar-refractivity contribution in [3.8, 4) is 11.1 Å². The van der Waals surface area contributed by atoms with Gasteiger partial charge >= 0.3 is 0 Å². The first-order chi connectivity index (χ1) is 8.11. The number of nitro benzene ring substituents is 1. The Bertz CT molecular complexity index is 562. The minimum absolute atomic E-state index is 0.183. The van der Waals surface area contributed by atoms with Crippen LogP contribution < -0.4 is 0 Å². The number of hydrogen-bond acceptors (Lipinski definition) is 2. The largest absolute Gasteiger partial charge is 0.272 e. The SMILES string of the molecule is Cc1c(-c2ccccc2)ccc([N+](=O)[O-])c1C. The molecule has 0 spiro atoms. The highest BCUT2D eigenvalue weighted by molar-refractivity contribution is 5.70. The van der Waals surface area contributed by atoms with E-state index in [1.165, 1.54) is 0 Å². The van der Waals surface area contributed by atoms with E-state index in [4.69, 9.17) is 0 Å². The standard InChI is InChI=1S/C14H13NO2/c1-10-11(2)14(15(16)17)9-8-13(10)12-6-4-3-5-7-12/h3-9H,1-2H3. The van der Waals surface area contributed by atoms with E-state index in [2.05, 4.69) is 0 Å². The Labute approximate surface area is 99.9 Å². The van der Waals surface area contributed by atoms with Gasteiger partial charge in [-0.05, 0) is 36.6 Å². The fraction of sp³-hybridized carbons (Fsp3) is 0.143. The summed E-state index contributed by atoms with van der Waals surface area (Å²) in [7, 11) is 0. The molecule has 0 radical (unpaired) electrons. The lowest BCUT2D eigenvalue weighted by molar-refractivity contribution is -0.385. The van der Waals surface area contributed by atoms with E-state index in [0.29, 0.717) is 0 Å². The first-order valence-corrected chi connectivity index (χ1v) is 5.41. The maximum atomic E-state index is 10.8. The van der Waals surface area contributed by atoms with E-state index in [1.54, 1.807) is 13.0 Å². The molecule has 0 amide bonds. The normalized spacial score (nSPS) is 10.2. The molecule has 0 saturated heterocycles. The molecule has 2 aromatic carbocycles. The van der Waals surface area contributed by atoms with Gasteiger partial charge in [-0.3, -0.25) is 10.1 Å². The Kier molecular flexibility index (Phi) is 2.91. The van der Waals surface area contributed by atoms with Crippen LogP contribution in [-0.4, -0.2) is 4.92 Å². The molecule has 2 rings (SSSR count). The van der Waals surface area contributed by atoms with Crippen molar-refractivity contribution in [2.24, 2.45) is 0 Å². The fourth-order valence-electron chi connectivity index (χ4n) is 1.93. The molecule has 3 heteroatoms. The van der Waals surface area contributed by atoms with Crippen molar-refractivity contribution < 1.29 is 4.92 Å². The quantitative estimate of drug-likeness (QED) is 0.577. The second-order valence-corrected chi connectivity index (χ2v) is 4.01. The van der Waals surface area contributed by atoms with Crippen molar-refractivity contribution in [2.75, 3.05) is 0 Å². The van der Waals surface area contributed by atoms with Crippen molar-refractivity contribution in [1.29, 1.82) is 0 Å². The Hall–Kier alpha value is -2.16. The zero-order valence-corrected chi connectivity index (χ0v) is 9.81. The van der Waals surface area contributed by atoms with Gasteiger partial charge in [0.15, 0.2) is 0 Å². The molecule has 0 aromatic heterocycles. The molecule has 0 saturated carbocycles. The third-order valence-corrected chi connectivity index (χ3v) is 3.04. The lowest BCUT2D eigenvalue weighted by Gasteiger charge is -2.09. The second kappa shape index (κ2) is 4.37. The molecule has 0 fully saturated rings. The van der Waals surface area contributed by atoms with E-state index in [1.807, 2.05) is 43.3 Å². The molecule has 0 N–H and O–H groups in total. The van der Waals surface area contributed by atoms with Gasteiger partial charge in [-0.25, -0.2) is 0 Å². The van der Waals surface area contributed by atoms with Crippen LogP contribution in [0.2, 0.25) is 0 Å². The van der Waals surface area contributed by atoms with Gasteiger partial charge in [0.1, 0.15) is 0 Å². The topological polar surface area (TPSA) is 43.1 Å². The number of rotatable bonds is 2. The van der Waals surface area contributed by atoms with Crippen LogP contribution in [0, 0.1) is 24.0 Å². The number of nitro groups is 1. The van der Waals surface area contributed by atoms with Crippen molar-refractivity contribution in [1.82, 2.24) is 0 Å². The Balaban J connectivity index is 2.60. The van der Waals surface area contributed by atoms with E-state index in [9.17, 15) is 10.1 Å². The average molecular weight is 227 g/mol. The summed E-state index contributed by atoms with van der Waals surface area (Å²) in [5.41, 5.74) is 4.01. The van der Waals surface area contributed by atoms with Gasteiger partial charge in [-0.1, -0.05) is 30.3 Å². The third kappa shape index (κ3) is 2.04. The van der Waals surface area contributed by atoms with Crippen LogP contribution in [0.25, 0.3) is 11.1 Å². The Morgan fingerprint density at radius 3 is 2.18 bits per heavy atom. The lowest BCUT2D eigenvalue weighted by Crippen LogP contribution is -1.95.